The molecule has 3 aliphatic rings. The van der Waals surface area contributed by atoms with E-state index in [4.69, 9.17) is 0 Å². The lowest BCUT2D eigenvalue weighted by atomic mass is 9.55. The first-order valence-electron chi connectivity index (χ1n) is 6.23. The van der Waals surface area contributed by atoms with Crippen molar-refractivity contribution < 1.29 is 4.79 Å². The molecule has 0 spiro atoms. The minimum atomic E-state index is 0.149. The molecule has 0 saturated heterocycles. The summed E-state index contributed by atoms with van der Waals surface area (Å²) >= 11 is 0. The Bertz CT molecular complexity index is 270. The van der Waals surface area contributed by atoms with Crippen molar-refractivity contribution in [1.29, 1.82) is 0 Å². The number of Topliss-reactive ketones (excluding diaryl/α,β-unsaturated/α-hetero) is 1. The standard InChI is InChI=1S/C13H20O/c1-9(14)13-6-2-3-11(8-13)10-4-5-12(13)7-10/h10-12H,2-8H2,1H3. The Kier molecular flexibility index (Phi) is 1.81. The van der Waals surface area contributed by atoms with Crippen LogP contribution in [0.5, 0.6) is 0 Å². The van der Waals surface area contributed by atoms with Crippen LogP contribution in [0.2, 0.25) is 0 Å². The number of hydrogen-bond acceptors (Lipinski definition) is 1. The number of ketones is 1. The molecule has 0 radical (unpaired) electrons. The van der Waals surface area contributed by atoms with Crippen LogP contribution in [0.3, 0.4) is 0 Å². The molecule has 14 heavy (non-hydrogen) atoms. The van der Waals surface area contributed by atoms with E-state index in [1.165, 1.54) is 44.9 Å². The highest BCUT2D eigenvalue weighted by molar-refractivity contribution is 5.83. The zero-order valence-electron chi connectivity index (χ0n) is 9.09. The summed E-state index contributed by atoms with van der Waals surface area (Å²) in [5.74, 6) is 3.17. The fraction of sp³-hybridized carbons (Fsp3) is 0.923. The lowest BCUT2D eigenvalue weighted by molar-refractivity contribution is -0.136. The van der Waals surface area contributed by atoms with Gasteiger partial charge in [0.2, 0.25) is 0 Å². The van der Waals surface area contributed by atoms with Crippen molar-refractivity contribution >= 4 is 5.78 Å². The zero-order valence-corrected chi connectivity index (χ0v) is 9.09. The van der Waals surface area contributed by atoms with E-state index in [0.29, 0.717) is 5.78 Å². The van der Waals surface area contributed by atoms with Crippen LogP contribution in [0.4, 0.5) is 0 Å². The molecule has 0 N–H and O–H groups in total. The Hall–Kier alpha value is -0.330. The predicted molar refractivity (Wildman–Crippen MR) is 55.9 cm³/mol. The van der Waals surface area contributed by atoms with Gasteiger partial charge in [-0.1, -0.05) is 12.8 Å². The first-order valence-corrected chi connectivity index (χ1v) is 6.23. The van der Waals surface area contributed by atoms with Crippen molar-refractivity contribution in [3.05, 3.63) is 0 Å². The smallest absolute Gasteiger partial charge is 0.136 e. The fourth-order valence-corrected chi connectivity index (χ4v) is 4.68. The van der Waals surface area contributed by atoms with Crippen LogP contribution in [0, 0.1) is 23.2 Å². The quantitative estimate of drug-likeness (QED) is 0.623. The van der Waals surface area contributed by atoms with Crippen LogP contribution in [-0.4, -0.2) is 5.78 Å². The monoisotopic (exact) mass is 192 g/mol. The number of hydrogen-bond donors (Lipinski definition) is 0. The number of carbonyl (C=O) groups is 1. The molecule has 0 aromatic carbocycles. The van der Waals surface area contributed by atoms with Crippen LogP contribution in [-0.2, 0) is 4.79 Å². The molecule has 0 aliphatic heterocycles. The summed E-state index contributed by atoms with van der Waals surface area (Å²) in [7, 11) is 0. The molecule has 0 aromatic rings. The van der Waals surface area contributed by atoms with Crippen molar-refractivity contribution in [3.63, 3.8) is 0 Å². The molecule has 0 amide bonds. The molecule has 4 bridgehead atoms. The predicted octanol–water partition coefficient (Wildman–Crippen LogP) is 3.18. The van der Waals surface area contributed by atoms with Gasteiger partial charge in [-0.05, 0) is 56.8 Å². The van der Waals surface area contributed by atoms with Crippen molar-refractivity contribution in [2.24, 2.45) is 23.2 Å². The van der Waals surface area contributed by atoms with E-state index in [1.54, 1.807) is 0 Å². The topological polar surface area (TPSA) is 17.1 Å². The molecule has 3 fully saturated rings. The van der Waals surface area contributed by atoms with Crippen LogP contribution >= 0.6 is 0 Å². The van der Waals surface area contributed by atoms with Gasteiger partial charge in [-0.2, -0.15) is 0 Å². The van der Waals surface area contributed by atoms with E-state index in [-0.39, 0.29) is 5.41 Å². The summed E-state index contributed by atoms with van der Waals surface area (Å²) in [6, 6.07) is 0. The van der Waals surface area contributed by atoms with E-state index >= 15 is 0 Å². The number of fused-ring (bicyclic) bond motifs is 6. The summed E-state index contributed by atoms with van der Waals surface area (Å²) < 4.78 is 0. The van der Waals surface area contributed by atoms with Gasteiger partial charge in [0.15, 0.2) is 0 Å². The third-order valence-electron chi connectivity index (χ3n) is 5.45. The molecule has 3 saturated carbocycles. The normalized spacial score (nSPS) is 50.5. The van der Waals surface area contributed by atoms with Gasteiger partial charge in [0.25, 0.3) is 0 Å². The maximum atomic E-state index is 11.9. The average molecular weight is 192 g/mol. The van der Waals surface area contributed by atoms with Gasteiger partial charge in [-0.15, -0.1) is 0 Å². The molecular formula is C13H20O. The Morgan fingerprint density at radius 1 is 1.21 bits per heavy atom. The zero-order chi connectivity index (χ0) is 9.76. The molecule has 1 heteroatoms. The van der Waals surface area contributed by atoms with Gasteiger partial charge in [-0.25, -0.2) is 0 Å². The Labute approximate surface area is 86.3 Å². The maximum Gasteiger partial charge on any atom is 0.136 e. The summed E-state index contributed by atoms with van der Waals surface area (Å²) in [5.41, 5.74) is 0.149. The molecule has 4 unspecified atom stereocenters. The molecular weight excluding hydrogens is 172 g/mol. The molecule has 4 atom stereocenters. The second kappa shape index (κ2) is 2.84. The Morgan fingerprint density at radius 2 is 2.07 bits per heavy atom. The Balaban J connectivity index is 1.99. The van der Waals surface area contributed by atoms with Gasteiger partial charge >= 0.3 is 0 Å². The fourth-order valence-electron chi connectivity index (χ4n) is 4.68. The lowest BCUT2D eigenvalue weighted by Gasteiger charge is -2.48. The molecule has 1 nitrogen and oxygen atoms in total. The van der Waals surface area contributed by atoms with Crippen molar-refractivity contribution in [1.82, 2.24) is 0 Å². The van der Waals surface area contributed by atoms with Gasteiger partial charge in [0.1, 0.15) is 5.78 Å². The minimum Gasteiger partial charge on any atom is -0.299 e. The summed E-state index contributed by atoms with van der Waals surface area (Å²) in [6.07, 6.45) is 9.33. The molecule has 3 aliphatic carbocycles. The average Bonchev–Trinajstić information content (AvgIpc) is 2.62. The lowest BCUT2D eigenvalue weighted by Crippen LogP contribution is -2.44. The van der Waals surface area contributed by atoms with Gasteiger partial charge in [0, 0.05) is 5.41 Å². The van der Waals surface area contributed by atoms with E-state index in [0.717, 1.165) is 17.8 Å². The van der Waals surface area contributed by atoms with E-state index in [1.807, 2.05) is 6.92 Å². The third-order valence-corrected chi connectivity index (χ3v) is 5.45. The van der Waals surface area contributed by atoms with Gasteiger partial charge in [-0.3, -0.25) is 4.79 Å². The second-order valence-corrected chi connectivity index (χ2v) is 5.84. The maximum absolute atomic E-state index is 11.9. The van der Waals surface area contributed by atoms with Crippen molar-refractivity contribution in [2.45, 2.75) is 51.9 Å². The molecule has 78 valence electrons. The second-order valence-electron chi connectivity index (χ2n) is 5.84. The van der Waals surface area contributed by atoms with Crippen LogP contribution in [0.15, 0.2) is 0 Å². The minimum absolute atomic E-state index is 0.149. The number of carbonyl (C=O) groups excluding carboxylic acids is 1. The van der Waals surface area contributed by atoms with Gasteiger partial charge in [0.05, 0.1) is 0 Å². The molecule has 3 rings (SSSR count). The largest absolute Gasteiger partial charge is 0.299 e. The van der Waals surface area contributed by atoms with Crippen LogP contribution < -0.4 is 0 Å². The SMILES string of the molecule is CC(=O)C12CCCC(C1)C1CCC2C1. The van der Waals surface area contributed by atoms with E-state index < -0.39 is 0 Å². The third kappa shape index (κ3) is 0.988. The summed E-state index contributed by atoms with van der Waals surface area (Å²) in [4.78, 5) is 11.9. The highest BCUT2D eigenvalue weighted by Crippen LogP contribution is 2.60. The van der Waals surface area contributed by atoms with Crippen LogP contribution in [0.1, 0.15) is 51.9 Å². The highest BCUT2D eigenvalue weighted by Gasteiger charge is 2.54. The van der Waals surface area contributed by atoms with Gasteiger partial charge < -0.3 is 0 Å². The highest BCUT2D eigenvalue weighted by atomic mass is 16.1. The molecule has 0 aromatic heterocycles. The first kappa shape index (κ1) is 8.94. The van der Waals surface area contributed by atoms with E-state index in [2.05, 4.69) is 0 Å². The van der Waals surface area contributed by atoms with Crippen LogP contribution in [0.25, 0.3) is 0 Å². The van der Waals surface area contributed by atoms with Crippen molar-refractivity contribution in [2.75, 3.05) is 0 Å². The Morgan fingerprint density at radius 3 is 2.86 bits per heavy atom. The number of rotatable bonds is 1. The summed E-state index contributed by atoms with van der Waals surface area (Å²) in [6.45, 7) is 1.85. The summed E-state index contributed by atoms with van der Waals surface area (Å²) in [5, 5.41) is 0. The van der Waals surface area contributed by atoms with Crippen molar-refractivity contribution in [3.8, 4) is 0 Å². The molecule has 0 heterocycles. The van der Waals surface area contributed by atoms with E-state index in [9.17, 15) is 4.79 Å². The first-order chi connectivity index (χ1) is 6.72.